The van der Waals surface area contributed by atoms with Crippen molar-refractivity contribution in [2.24, 2.45) is 23.7 Å². The van der Waals surface area contributed by atoms with Gasteiger partial charge < -0.3 is 4.90 Å². The van der Waals surface area contributed by atoms with Crippen molar-refractivity contribution in [1.29, 1.82) is 0 Å². The highest BCUT2D eigenvalue weighted by molar-refractivity contribution is 4.96. The Morgan fingerprint density at radius 3 is 2.59 bits per heavy atom. The van der Waals surface area contributed by atoms with Crippen molar-refractivity contribution < 1.29 is 0 Å². The Labute approximate surface area is 106 Å². The van der Waals surface area contributed by atoms with Gasteiger partial charge in [-0.1, -0.05) is 25.7 Å². The first-order chi connectivity index (χ1) is 8.38. The fourth-order valence-corrected chi connectivity index (χ4v) is 4.74. The fraction of sp³-hybridized carbons (Fsp3) is 1.00. The van der Waals surface area contributed by atoms with E-state index >= 15 is 0 Å². The first-order valence-corrected chi connectivity index (χ1v) is 8.12. The van der Waals surface area contributed by atoms with Crippen LogP contribution in [0.2, 0.25) is 0 Å². The van der Waals surface area contributed by atoms with Crippen LogP contribution >= 0.6 is 0 Å². The van der Waals surface area contributed by atoms with E-state index in [9.17, 15) is 0 Å². The molecule has 3 heterocycles. The second kappa shape index (κ2) is 4.26. The molecule has 5 aliphatic rings. The molecule has 0 spiro atoms. The summed E-state index contributed by atoms with van der Waals surface area (Å²) in [6.07, 6.45) is 13.9. The molecule has 1 heteroatoms. The maximum Gasteiger partial charge on any atom is 0.00985 e. The minimum Gasteiger partial charge on any atom is -0.300 e. The zero-order valence-electron chi connectivity index (χ0n) is 11.1. The topological polar surface area (TPSA) is 3.24 Å². The van der Waals surface area contributed by atoms with Gasteiger partial charge in [-0.2, -0.15) is 0 Å². The highest BCUT2D eigenvalue weighted by atomic mass is 15.2. The van der Waals surface area contributed by atoms with Gasteiger partial charge in [0.1, 0.15) is 0 Å². The van der Waals surface area contributed by atoms with Crippen LogP contribution in [0, 0.1) is 23.7 Å². The van der Waals surface area contributed by atoms with E-state index in [-0.39, 0.29) is 0 Å². The van der Waals surface area contributed by atoms with Crippen LogP contribution in [0.3, 0.4) is 0 Å². The minimum absolute atomic E-state index is 0.984. The maximum absolute atomic E-state index is 2.87. The van der Waals surface area contributed by atoms with Gasteiger partial charge >= 0.3 is 0 Å². The largest absolute Gasteiger partial charge is 0.300 e. The van der Waals surface area contributed by atoms with Crippen LogP contribution in [0.25, 0.3) is 0 Å². The molecule has 4 bridgehead atoms. The van der Waals surface area contributed by atoms with Gasteiger partial charge in [-0.3, -0.25) is 0 Å². The number of fused-ring (bicyclic) bond motifs is 1. The normalized spacial score (nSPS) is 48.4. The van der Waals surface area contributed by atoms with E-state index in [1.54, 1.807) is 38.5 Å². The average molecular weight is 233 g/mol. The zero-order chi connectivity index (χ0) is 11.2. The number of hydrogen-bond acceptors (Lipinski definition) is 1. The molecule has 96 valence electrons. The molecule has 5 fully saturated rings. The lowest BCUT2D eigenvalue weighted by Gasteiger charge is -2.42. The second-order valence-corrected chi connectivity index (χ2v) is 7.41. The summed E-state index contributed by atoms with van der Waals surface area (Å²) >= 11 is 0. The highest BCUT2D eigenvalue weighted by Crippen LogP contribution is 2.48. The molecule has 3 saturated heterocycles. The van der Waals surface area contributed by atoms with Gasteiger partial charge in [-0.25, -0.2) is 0 Å². The van der Waals surface area contributed by atoms with Crippen LogP contribution in [0.5, 0.6) is 0 Å². The highest BCUT2D eigenvalue weighted by Gasteiger charge is 2.44. The Balaban J connectivity index is 1.32. The Morgan fingerprint density at radius 1 is 0.882 bits per heavy atom. The molecular weight excluding hydrogens is 206 g/mol. The SMILES string of the molecule is C(CC1CC1)C[C@@H]1CC2CN1CCC1CC2C1. The van der Waals surface area contributed by atoms with E-state index in [1.807, 2.05) is 0 Å². The third kappa shape index (κ3) is 2.16. The van der Waals surface area contributed by atoms with Crippen LogP contribution in [-0.2, 0) is 0 Å². The lowest BCUT2D eigenvalue weighted by atomic mass is 9.66. The van der Waals surface area contributed by atoms with Gasteiger partial charge in [-0.15, -0.1) is 0 Å². The van der Waals surface area contributed by atoms with Crippen molar-refractivity contribution in [3.05, 3.63) is 0 Å². The zero-order valence-corrected chi connectivity index (χ0v) is 11.1. The summed E-state index contributed by atoms with van der Waals surface area (Å²) in [6, 6.07) is 0.984. The predicted octanol–water partition coefficient (Wildman–Crippen LogP) is 3.69. The number of hydrogen-bond donors (Lipinski definition) is 0. The fourth-order valence-electron chi connectivity index (χ4n) is 4.74. The minimum atomic E-state index is 0.984. The molecule has 3 atom stereocenters. The van der Waals surface area contributed by atoms with Crippen molar-refractivity contribution in [3.63, 3.8) is 0 Å². The lowest BCUT2D eigenvalue weighted by molar-refractivity contribution is 0.0839. The molecule has 3 aliphatic heterocycles. The van der Waals surface area contributed by atoms with Crippen molar-refractivity contribution in [2.45, 2.75) is 63.8 Å². The van der Waals surface area contributed by atoms with Crippen molar-refractivity contribution in [2.75, 3.05) is 13.1 Å². The molecule has 0 aromatic carbocycles. The van der Waals surface area contributed by atoms with E-state index in [4.69, 9.17) is 0 Å². The van der Waals surface area contributed by atoms with Gasteiger partial charge in [0, 0.05) is 12.6 Å². The van der Waals surface area contributed by atoms with E-state index in [2.05, 4.69) is 4.90 Å². The summed E-state index contributed by atoms with van der Waals surface area (Å²) in [5.41, 5.74) is 0. The molecule has 17 heavy (non-hydrogen) atoms. The summed E-state index contributed by atoms with van der Waals surface area (Å²) in [6.45, 7) is 2.90. The van der Waals surface area contributed by atoms with Crippen LogP contribution in [0.15, 0.2) is 0 Å². The summed E-state index contributed by atoms with van der Waals surface area (Å²) in [7, 11) is 0. The Hall–Kier alpha value is -0.0400. The van der Waals surface area contributed by atoms with Crippen molar-refractivity contribution >= 4 is 0 Å². The molecule has 2 saturated carbocycles. The van der Waals surface area contributed by atoms with E-state index in [1.165, 1.54) is 32.4 Å². The molecule has 1 nitrogen and oxygen atoms in total. The summed E-state index contributed by atoms with van der Waals surface area (Å²) < 4.78 is 0. The standard InChI is InChI=1S/C16H27N/c1(2-12-4-5-12)3-16-10-15-11-17(16)7-6-13-8-14(15)9-13/h12-16H,1-11H2/t13?,14?,15?,16-/m1/s1. The van der Waals surface area contributed by atoms with E-state index in [0.717, 1.165) is 29.7 Å². The quantitative estimate of drug-likeness (QED) is 0.716. The summed E-state index contributed by atoms with van der Waals surface area (Å²) in [4.78, 5) is 2.87. The van der Waals surface area contributed by atoms with E-state index < -0.39 is 0 Å². The van der Waals surface area contributed by atoms with Gasteiger partial charge in [0.2, 0.25) is 0 Å². The smallest absolute Gasteiger partial charge is 0.00985 e. The van der Waals surface area contributed by atoms with Gasteiger partial charge in [-0.05, 0) is 62.3 Å². The van der Waals surface area contributed by atoms with Crippen LogP contribution in [0.1, 0.15) is 57.8 Å². The molecule has 0 amide bonds. The third-order valence-electron chi connectivity index (χ3n) is 6.17. The molecule has 0 radical (unpaired) electrons. The molecule has 0 N–H and O–H groups in total. The summed E-state index contributed by atoms with van der Waals surface area (Å²) in [5, 5.41) is 0. The van der Waals surface area contributed by atoms with Gasteiger partial charge in [0.05, 0.1) is 0 Å². The molecule has 0 aromatic rings. The summed E-state index contributed by atoms with van der Waals surface area (Å²) in [5.74, 6) is 4.49. The number of rotatable bonds is 4. The first kappa shape index (κ1) is 10.8. The van der Waals surface area contributed by atoms with E-state index in [0.29, 0.717) is 0 Å². The van der Waals surface area contributed by atoms with Crippen molar-refractivity contribution in [3.8, 4) is 0 Å². The number of nitrogens with zero attached hydrogens (tertiary/aromatic N) is 1. The molecule has 2 aliphatic carbocycles. The molecule has 5 rings (SSSR count). The molecule has 2 unspecified atom stereocenters. The van der Waals surface area contributed by atoms with Gasteiger partial charge in [0.15, 0.2) is 0 Å². The van der Waals surface area contributed by atoms with Gasteiger partial charge in [0.25, 0.3) is 0 Å². The first-order valence-electron chi connectivity index (χ1n) is 8.12. The maximum atomic E-state index is 2.87. The Morgan fingerprint density at radius 2 is 1.76 bits per heavy atom. The Kier molecular flexibility index (Phi) is 2.72. The second-order valence-electron chi connectivity index (χ2n) is 7.41. The predicted molar refractivity (Wildman–Crippen MR) is 70.9 cm³/mol. The average Bonchev–Trinajstić information content (AvgIpc) is 2.92. The lowest BCUT2D eigenvalue weighted by Crippen LogP contribution is -2.38. The molecular formula is C16H27N. The Bertz CT molecular complexity index is 277. The van der Waals surface area contributed by atoms with Crippen LogP contribution in [-0.4, -0.2) is 24.0 Å². The van der Waals surface area contributed by atoms with Crippen LogP contribution < -0.4 is 0 Å². The monoisotopic (exact) mass is 233 g/mol. The molecule has 0 aromatic heterocycles. The van der Waals surface area contributed by atoms with Crippen molar-refractivity contribution in [1.82, 2.24) is 4.90 Å². The third-order valence-corrected chi connectivity index (χ3v) is 6.17. The van der Waals surface area contributed by atoms with Crippen LogP contribution in [0.4, 0.5) is 0 Å².